The maximum absolute atomic E-state index is 10.6. The van der Waals surface area contributed by atoms with E-state index < -0.39 is 4.92 Å². The van der Waals surface area contributed by atoms with E-state index in [0.717, 1.165) is 12.8 Å². The van der Waals surface area contributed by atoms with E-state index in [-0.39, 0.29) is 12.4 Å². The van der Waals surface area contributed by atoms with Crippen LogP contribution in [0.4, 0.5) is 5.82 Å². The highest BCUT2D eigenvalue weighted by Gasteiger charge is 2.30. The fourth-order valence-corrected chi connectivity index (χ4v) is 2.02. The standard InChI is InChI=1S/C9H8BrN5O3/c10-6-3-14(12-8(6)15(16)17)4-7-11-9(18-13-7)5-1-2-5/h3,5H,1-2,4H2. The third-order valence-corrected chi connectivity index (χ3v) is 3.15. The minimum atomic E-state index is -0.549. The van der Waals surface area contributed by atoms with Gasteiger partial charge in [-0.1, -0.05) is 5.16 Å². The molecular formula is C9H8BrN5O3. The predicted octanol–water partition coefficient (Wildman–Crippen LogP) is 1.86. The van der Waals surface area contributed by atoms with Gasteiger partial charge in [0.1, 0.15) is 11.0 Å². The van der Waals surface area contributed by atoms with Crippen LogP contribution in [0.15, 0.2) is 15.2 Å². The van der Waals surface area contributed by atoms with Gasteiger partial charge in [-0.3, -0.25) is 0 Å². The summed E-state index contributed by atoms with van der Waals surface area (Å²) in [5.74, 6) is 1.29. The molecular weight excluding hydrogens is 306 g/mol. The molecule has 1 fully saturated rings. The van der Waals surface area contributed by atoms with Crippen molar-refractivity contribution in [2.45, 2.75) is 25.3 Å². The average Bonchev–Trinajstić information content (AvgIpc) is 2.95. The molecule has 1 saturated carbocycles. The summed E-state index contributed by atoms with van der Waals surface area (Å²) in [6.07, 6.45) is 3.69. The average molecular weight is 314 g/mol. The second kappa shape index (κ2) is 4.16. The SMILES string of the molecule is O=[N+]([O-])c1nn(Cc2noc(C3CC3)n2)cc1Br. The fourth-order valence-electron chi connectivity index (χ4n) is 1.56. The predicted molar refractivity (Wildman–Crippen MR) is 62.0 cm³/mol. The van der Waals surface area contributed by atoms with Crippen LogP contribution in [0.2, 0.25) is 0 Å². The summed E-state index contributed by atoms with van der Waals surface area (Å²) >= 11 is 3.08. The molecule has 0 spiro atoms. The topological polar surface area (TPSA) is 99.9 Å². The number of halogens is 1. The third-order valence-electron chi connectivity index (χ3n) is 2.59. The molecule has 0 N–H and O–H groups in total. The van der Waals surface area contributed by atoms with Crippen LogP contribution in [0.1, 0.15) is 30.5 Å². The van der Waals surface area contributed by atoms with Crippen molar-refractivity contribution in [3.05, 3.63) is 32.5 Å². The van der Waals surface area contributed by atoms with Crippen molar-refractivity contribution in [2.24, 2.45) is 0 Å². The van der Waals surface area contributed by atoms with Gasteiger partial charge in [-0.05, 0) is 33.7 Å². The molecule has 0 unspecified atom stereocenters. The van der Waals surface area contributed by atoms with E-state index in [0.29, 0.717) is 22.1 Å². The van der Waals surface area contributed by atoms with Crippen molar-refractivity contribution in [1.29, 1.82) is 0 Å². The smallest absolute Gasteiger partial charge is 0.358 e. The van der Waals surface area contributed by atoms with Crippen LogP contribution < -0.4 is 0 Å². The van der Waals surface area contributed by atoms with Gasteiger partial charge >= 0.3 is 5.82 Å². The molecule has 0 bridgehead atoms. The summed E-state index contributed by atoms with van der Waals surface area (Å²) < 4.78 is 6.84. The Bertz CT molecular complexity index is 603. The number of hydrogen-bond acceptors (Lipinski definition) is 6. The molecule has 0 saturated heterocycles. The molecule has 1 aliphatic rings. The number of nitrogens with zero attached hydrogens (tertiary/aromatic N) is 5. The van der Waals surface area contributed by atoms with Crippen LogP contribution in [0.5, 0.6) is 0 Å². The van der Waals surface area contributed by atoms with Crippen molar-refractivity contribution in [2.75, 3.05) is 0 Å². The Balaban J connectivity index is 1.78. The maximum atomic E-state index is 10.6. The second-order valence-electron chi connectivity index (χ2n) is 4.08. The summed E-state index contributed by atoms with van der Waals surface area (Å²) in [7, 11) is 0. The van der Waals surface area contributed by atoms with Crippen LogP contribution in [-0.4, -0.2) is 24.8 Å². The van der Waals surface area contributed by atoms with Crippen molar-refractivity contribution in [3.63, 3.8) is 0 Å². The summed E-state index contributed by atoms with van der Waals surface area (Å²) in [5, 5.41) is 18.3. The molecule has 2 heterocycles. The first-order chi connectivity index (χ1) is 8.63. The largest absolute Gasteiger partial charge is 0.404 e. The molecule has 0 radical (unpaired) electrons. The third kappa shape index (κ3) is 2.13. The highest BCUT2D eigenvalue weighted by Crippen LogP contribution is 2.38. The van der Waals surface area contributed by atoms with Crippen LogP contribution in [0.3, 0.4) is 0 Å². The van der Waals surface area contributed by atoms with Crippen molar-refractivity contribution >= 4 is 21.7 Å². The Kier molecular flexibility index (Phi) is 2.62. The number of aromatic nitrogens is 4. The Labute approximate surface area is 109 Å². The number of nitro groups is 1. The van der Waals surface area contributed by atoms with E-state index in [2.05, 4.69) is 31.2 Å². The second-order valence-corrected chi connectivity index (χ2v) is 4.93. The first-order valence-electron chi connectivity index (χ1n) is 5.33. The van der Waals surface area contributed by atoms with E-state index in [1.165, 1.54) is 10.9 Å². The minimum Gasteiger partial charge on any atom is -0.358 e. The lowest BCUT2D eigenvalue weighted by atomic mass is 10.4. The molecule has 0 aliphatic heterocycles. The van der Waals surface area contributed by atoms with Gasteiger partial charge in [0.05, 0.1) is 11.3 Å². The van der Waals surface area contributed by atoms with Gasteiger partial charge in [0, 0.05) is 5.92 Å². The Morgan fingerprint density at radius 1 is 1.61 bits per heavy atom. The first-order valence-corrected chi connectivity index (χ1v) is 6.12. The van der Waals surface area contributed by atoms with Gasteiger partial charge in [0.15, 0.2) is 5.82 Å². The highest BCUT2D eigenvalue weighted by atomic mass is 79.9. The van der Waals surface area contributed by atoms with Crippen LogP contribution >= 0.6 is 15.9 Å². The zero-order chi connectivity index (χ0) is 12.7. The summed E-state index contributed by atoms with van der Waals surface area (Å²) in [5.41, 5.74) is 0. The maximum Gasteiger partial charge on any atom is 0.404 e. The Morgan fingerprint density at radius 3 is 3.00 bits per heavy atom. The molecule has 9 heteroatoms. The Hall–Kier alpha value is -1.77. The zero-order valence-electron chi connectivity index (χ0n) is 9.11. The normalized spacial score (nSPS) is 14.9. The summed E-state index contributed by atoms with van der Waals surface area (Å²) in [6, 6.07) is 0. The fraction of sp³-hybridized carbons (Fsp3) is 0.444. The van der Waals surface area contributed by atoms with E-state index in [1.54, 1.807) is 0 Å². The molecule has 0 aromatic carbocycles. The van der Waals surface area contributed by atoms with Gasteiger partial charge in [0.25, 0.3) is 0 Å². The van der Waals surface area contributed by atoms with Crippen LogP contribution in [0.25, 0.3) is 0 Å². The van der Waals surface area contributed by atoms with Crippen LogP contribution in [-0.2, 0) is 6.54 Å². The van der Waals surface area contributed by atoms with Gasteiger partial charge in [-0.2, -0.15) is 9.67 Å². The minimum absolute atomic E-state index is 0.221. The van der Waals surface area contributed by atoms with E-state index >= 15 is 0 Å². The molecule has 1 aliphatic carbocycles. The molecule has 94 valence electrons. The lowest BCUT2D eigenvalue weighted by Gasteiger charge is -1.88. The number of hydrogen-bond donors (Lipinski definition) is 0. The lowest BCUT2D eigenvalue weighted by Crippen LogP contribution is -2.03. The van der Waals surface area contributed by atoms with Gasteiger partial charge in [0.2, 0.25) is 5.89 Å². The molecule has 2 aromatic heterocycles. The highest BCUT2D eigenvalue weighted by molar-refractivity contribution is 9.10. The number of rotatable bonds is 4. The lowest BCUT2D eigenvalue weighted by molar-refractivity contribution is -0.390. The van der Waals surface area contributed by atoms with E-state index in [4.69, 9.17) is 4.52 Å². The van der Waals surface area contributed by atoms with Gasteiger partial charge in [-0.15, -0.1) is 0 Å². The molecule has 8 nitrogen and oxygen atoms in total. The molecule has 0 atom stereocenters. The summed E-state index contributed by atoms with van der Waals surface area (Å²) in [6.45, 7) is 0.253. The van der Waals surface area contributed by atoms with E-state index in [9.17, 15) is 10.1 Å². The first kappa shape index (κ1) is 11.3. The van der Waals surface area contributed by atoms with Crippen molar-refractivity contribution in [3.8, 4) is 0 Å². The monoisotopic (exact) mass is 313 g/mol. The Morgan fingerprint density at radius 2 is 2.39 bits per heavy atom. The van der Waals surface area contributed by atoms with Crippen molar-refractivity contribution in [1.82, 2.24) is 19.9 Å². The van der Waals surface area contributed by atoms with Gasteiger partial charge in [-0.25, -0.2) is 0 Å². The van der Waals surface area contributed by atoms with Crippen molar-refractivity contribution < 1.29 is 9.45 Å². The quantitative estimate of drug-likeness (QED) is 0.631. The van der Waals surface area contributed by atoms with Crippen LogP contribution in [0, 0.1) is 10.1 Å². The molecule has 2 aromatic rings. The van der Waals surface area contributed by atoms with Gasteiger partial charge < -0.3 is 14.6 Å². The zero-order valence-corrected chi connectivity index (χ0v) is 10.7. The summed E-state index contributed by atoms with van der Waals surface area (Å²) in [4.78, 5) is 14.3. The molecule has 3 rings (SSSR count). The molecule has 18 heavy (non-hydrogen) atoms. The van der Waals surface area contributed by atoms with E-state index in [1.807, 2.05) is 0 Å². The molecule has 0 amide bonds.